The van der Waals surface area contributed by atoms with Crippen LogP contribution in [-0.4, -0.2) is 31.7 Å². The van der Waals surface area contributed by atoms with Crippen LogP contribution in [0, 0.1) is 12.8 Å². The first kappa shape index (κ1) is 19.3. The van der Waals surface area contributed by atoms with Crippen LogP contribution in [0.1, 0.15) is 24.0 Å². The second-order valence-corrected chi connectivity index (χ2v) is 8.55. The van der Waals surface area contributed by atoms with Crippen molar-refractivity contribution in [2.45, 2.75) is 19.8 Å². The number of piperidine rings is 1. The van der Waals surface area contributed by atoms with Gasteiger partial charge in [0.1, 0.15) is 0 Å². The number of para-hydroxylation sites is 1. The first-order valence-electron chi connectivity index (χ1n) is 9.05. The average Bonchev–Trinajstić information content (AvgIpc) is 2.69. The number of nitrogens with one attached hydrogen (secondary N) is 1. The lowest BCUT2D eigenvalue weighted by Gasteiger charge is -2.29. The molecule has 0 bridgehead atoms. The van der Waals surface area contributed by atoms with Crippen molar-refractivity contribution in [1.29, 1.82) is 0 Å². The maximum absolute atomic E-state index is 12.5. The van der Waals surface area contributed by atoms with Gasteiger partial charge in [0.05, 0.1) is 0 Å². The molecule has 2 aromatic carbocycles. The number of hydrogen-bond donors (Lipinski definition) is 1. The molecule has 0 aliphatic carbocycles. The highest BCUT2D eigenvalue weighted by Crippen LogP contribution is 2.23. The highest BCUT2D eigenvalue weighted by atomic mass is 32.2. The molecule has 1 heterocycles. The molecule has 0 aromatic heterocycles. The second-order valence-electron chi connectivity index (χ2n) is 6.74. The number of carbonyl (C=O) groups is 1. The van der Waals surface area contributed by atoms with Crippen molar-refractivity contribution in [2.24, 2.45) is 5.92 Å². The van der Waals surface area contributed by atoms with Crippen LogP contribution in [0.15, 0.2) is 60.0 Å². The van der Waals surface area contributed by atoms with Crippen LogP contribution in [0.25, 0.3) is 6.08 Å². The second kappa shape index (κ2) is 8.50. The quantitative estimate of drug-likeness (QED) is 0.856. The lowest BCUT2D eigenvalue weighted by atomic mass is 9.97. The Labute approximate surface area is 160 Å². The van der Waals surface area contributed by atoms with Crippen LogP contribution in [0.4, 0.5) is 5.69 Å². The first-order chi connectivity index (χ1) is 13.0. The lowest BCUT2D eigenvalue weighted by molar-refractivity contribution is -0.120. The van der Waals surface area contributed by atoms with Gasteiger partial charge in [0.15, 0.2) is 0 Å². The highest BCUT2D eigenvalue weighted by Gasteiger charge is 2.30. The predicted molar refractivity (Wildman–Crippen MR) is 109 cm³/mol. The molecular weight excluding hydrogens is 360 g/mol. The minimum atomic E-state index is -3.48. The largest absolute Gasteiger partial charge is 0.326 e. The van der Waals surface area contributed by atoms with Crippen molar-refractivity contribution in [3.8, 4) is 0 Å². The van der Waals surface area contributed by atoms with Crippen LogP contribution in [0.2, 0.25) is 0 Å². The van der Waals surface area contributed by atoms with Crippen LogP contribution in [-0.2, 0) is 14.8 Å². The lowest BCUT2D eigenvalue weighted by Crippen LogP contribution is -2.40. The molecule has 1 aliphatic heterocycles. The number of amides is 1. The number of nitrogens with zero attached hydrogens (tertiary/aromatic N) is 1. The van der Waals surface area contributed by atoms with Crippen molar-refractivity contribution in [1.82, 2.24) is 4.31 Å². The summed E-state index contributed by atoms with van der Waals surface area (Å²) in [6.45, 7) is 2.66. The van der Waals surface area contributed by atoms with E-state index in [-0.39, 0.29) is 11.8 Å². The maximum atomic E-state index is 12.5. The van der Waals surface area contributed by atoms with Crippen molar-refractivity contribution in [3.63, 3.8) is 0 Å². The monoisotopic (exact) mass is 384 g/mol. The molecule has 3 rings (SSSR count). The number of carbonyl (C=O) groups excluding carboxylic acids is 1. The molecule has 6 heteroatoms. The summed E-state index contributed by atoms with van der Waals surface area (Å²) in [7, 11) is -3.48. The van der Waals surface area contributed by atoms with E-state index >= 15 is 0 Å². The zero-order valence-corrected chi connectivity index (χ0v) is 16.2. The van der Waals surface area contributed by atoms with Crippen molar-refractivity contribution in [3.05, 3.63) is 71.1 Å². The van der Waals surface area contributed by atoms with E-state index in [1.807, 2.05) is 61.5 Å². The third kappa shape index (κ3) is 5.05. The standard InChI is InChI=1S/C21H24N2O3S/c1-17-7-5-6-10-20(17)22-21(24)19-11-14-23(15-12-19)27(25,26)16-13-18-8-3-2-4-9-18/h2-10,13,16,19H,11-12,14-15H2,1H3,(H,22,24)/b16-13+. The number of aryl methyl sites for hydroxylation is 1. The summed E-state index contributed by atoms with van der Waals surface area (Å²) in [5, 5.41) is 4.21. The first-order valence-corrected chi connectivity index (χ1v) is 10.6. The molecule has 0 atom stereocenters. The number of benzene rings is 2. The summed E-state index contributed by atoms with van der Waals surface area (Å²) in [5.41, 5.74) is 2.66. The molecule has 5 nitrogen and oxygen atoms in total. The zero-order valence-electron chi connectivity index (χ0n) is 15.3. The minimum Gasteiger partial charge on any atom is -0.326 e. The Morgan fingerprint density at radius 2 is 1.67 bits per heavy atom. The van der Waals surface area contributed by atoms with Gasteiger partial charge in [-0.2, -0.15) is 4.31 Å². The molecule has 1 amide bonds. The Kier molecular flexibility index (Phi) is 6.08. The van der Waals surface area contributed by atoms with E-state index in [9.17, 15) is 13.2 Å². The Hall–Kier alpha value is -2.44. The van der Waals surface area contributed by atoms with E-state index in [4.69, 9.17) is 0 Å². The summed E-state index contributed by atoms with van der Waals surface area (Å²) in [6, 6.07) is 17.0. The van der Waals surface area contributed by atoms with E-state index < -0.39 is 10.0 Å². The fraction of sp³-hybridized carbons (Fsp3) is 0.286. The third-order valence-electron chi connectivity index (χ3n) is 4.82. The summed E-state index contributed by atoms with van der Waals surface area (Å²) >= 11 is 0. The van der Waals surface area contributed by atoms with Gasteiger partial charge >= 0.3 is 0 Å². The number of sulfonamides is 1. The zero-order chi connectivity index (χ0) is 19.3. The third-order valence-corrected chi connectivity index (χ3v) is 6.38. The molecule has 1 N–H and O–H groups in total. The van der Waals surface area contributed by atoms with E-state index in [0.29, 0.717) is 25.9 Å². The van der Waals surface area contributed by atoms with E-state index in [1.54, 1.807) is 6.08 Å². The Balaban J connectivity index is 1.57. The minimum absolute atomic E-state index is 0.0406. The van der Waals surface area contributed by atoms with Gasteiger partial charge in [-0.15, -0.1) is 0 Å². The molecule has 0 spiro atoms. The average molecular weight is 385 g/mol. The van der Waals surface area contributed by atoms with Gasteiger partial charge in [-0.05, 0) is 43.0 Å². The van der Waals surface area contributed by atoms with Crippen LogP contribution < -0.4 is 5.32 Å². The molecule has 0 saturated carbocycles. The SMILES string of the molecule is Cc1ccccc1NC(=O)C1CCN(S(=O)(=O)/C=C/c2ccccc2)CC1. The van der Waals surface area contributed by atoms with Gasteiger partial charge < -0.3 is 5.32 Å². The molecule has 2 aromatic rings. The molecule has 1 fully saturated rings. The van der Waals surface area contributed by atoms with E-state index in [1.165, 1.54) is 9.71 Å². The number of rotatable bonds is 5. The van der Waals surface area contributed by atoms with Gasteiger partial charge in [-0.3, -0.25) is 4.79 Å². The van der Waals surface area contributed by atoms with Crippen LogP contribution in [0.3, 0.4) is 0 Å². The van der Waals surface area contributed by atoms with Gasteiger partial charge in [-0.1, -0.05) is 48.5 Å². The molecule has 142 valence electrons. The Bertz CT molecular complexity index is 915. The molecule has 27 heavy (non-hydrogen) atoms. The molecule has 0 unspecified atom stereocenters. The van der Waals surface area contributed by atoms with Gasteiger partial charge in [0.25, 0.3) is 0 Å². The van der Waals surface area contributed by atoms with Gasteiger partial charge in [-0.25, -0.2) is 8.42 Å². The molecule has 1 aliphatic rings. The van der Waals surface area contributed by atoms with Gasteiger partial charge in [0, 0.05) is 30.1 Å². The summed E-state index contributed by atoms with van der Waals surface area (Å²) in [4.78, 5) is 12.5. The normalized spacial score (nSPS) is 16.5. The van der Waals surface area contributed by atoms with E-state index in [0.717, 1.165) is 16.8 Å². The van der Waals surface area contributed by atoms with E-state index in [2.05, 4.69) is 5.32 Å². The van der Waals surface area contributed by atoms with Crippen molar-refractivity contribution < 1.29 is 13.2 Å². The highest BCUT2D eigenvalue weighted by molar-refractivity contribution is 7.92. The number of hydrogen-bond acceptors (Lipinski definition) is 3. The summed E-state index contributed by atoms with van der Waals surface area (Å²) in [5.74, 6) is -0.213. The fourth-order valence-electron chi connectivity index (χ4n) is 3.14. The van der Waals surface area contributed by atoms with Gasteiger partial charge in [0.2, 0.25) is 15.9 Å². The summed E-state index contributed by atoms with van der Waals surface area (Å²) in [6.07, 6.45) is 2.65. The van der Waals surface area contributed by atoms with Crippen LogP contribution in [0.5, 0.6) is 0 Å². The Morgan fingerprint density at radius 3 is 2.33 bits per heavy atom. The molecular formula is C21H24N2O3S. The topological polar surface area (TPSA) is 66.5 Å². The van der Waals surface area contributed by atoms with Crippen molar-refractivity contribution in [2.75, 3.05) is 18.4 Å². The summed E-state index contributed by atoms with van der Waals surface area (Å²) < 4.78 is 26.5. The Morgan fingerprint density at radius 1 is 1.04 bits per heavy atom. The predicted octanol–water partition coefficient (Wildman–Crippen LogP) is 3.65. The molecule has 1 saturated heterocycles. The van der Waals surface area contributed by atoms with Crippen molar-refractivity contribution >= 4 is 27.7 Å². The molecule has 0 radical (unpaired) electrons. The fourth-order valence-corrected chi connectivity index (χ4v) is 4.36. The smallest absolute Gasteiger partial charge is 0.236 e. The maximum Gasteiger partial charge on any atom is 0.236 e. The number of anilines is 1. The van der Waals surface area contributed by atoms with Crippen LogP contribution >= 0.6 is 0 Å².